The van der Waals surface area contributed by atoms with Crippen molar-refractivity contribution in [3.8, 4) is 0 Å². The number of aromatic nitrogens is 2. The summed E-state index contributed by atoms with van der Waals surface area (Å²) in [5.41, 5.74) is 6.49. The van der Waals surface area contributed by atoms with E-state index in [-0.39, 0.29) is 0 Å². The molecular formula is C13H20N4O2S. The lowest BCUT2D eigenvalue weighted by Crippen LogP contribution is -2.29. The predicted octanol–water partition coefficient (Wildman–Crippen LogP) is 1.46. The quantitative estimate of drug-likeness (QED) is 0.602. The van der Waals surface area contributed by atoms with Crippen LogP contribution in [0.3, 0.4) is 0 Å². The number of hydrogen-bond acceptors (Lipinski definition) is 6. The summed E-state index contributed by atoms with van der Waals surface area (Å²) in [5, 5.41) is 0. The van der Waals surface area contributed by atoms with E-state index in [0.29, 0.717) is 41.8 Å². The summed E-state index contributed by atoms with van der Waals surface area (Å²) in [7, 11) is 0. The molecule has 1 rings (SSSR count). The van der Waals surface area contributed by atoms with Crippen molar-refractivity contribution >= 4 is 29.1 Å². The second kappa shape index (κ2) is 7.74. The SMILES string of the molecule is CCOC(=O)c1cnc(N(CC)CCC(N)=S)nc1C. The van der Waals surface area contributed by atoms with Crippen LogP contribution in [0.25, 0.3) is 0 Å². The summed E-state index contributed by atoms with van der Waals surface area (Å²) in [6, 6.07) is 0. The number of ether oxygens (including phenoxy) is 1. The number of thiocarbonyl (C=S) groups is 1. The molecule has 0 aliphatic carbocycles. The molecule has 0 aromatic carbocycles. The number of aryl methyl sites for hydroxylation is 1. The summed E-state index contributed by atoms with van der Waals surface area (Å²) in [4.78, 5) is 22.7. The molecule has 20 heavy (non-hydrogen) atoms. The van der Waals surface area contributed by atoms with Gasteiger partial charge in [-0.3, -0.25) is 0 Å². The third kappa shape index (κ3) is 4.41. The zero-order chi connectivity index (χ0) is 15.1. The lowest BCUT2D eigenvalue weighted by atomic mass is 10.2. The van der Waals surface area contributed by atoms with E-state index < -0.39 is 5.97 Å². The molecule has 1 aromatic heterocycles. The van der Waals surface area contributed by atoms with Gasteiger partial charge in [-0.2, -0.15) is 0 Å². The van der Waals surface area contributed by atoms with Crippen LogP contribution in [0.5, 0.6) is 0 Å². The van der Waals surface area contributed by atoms with Gasteiger partial charge in [0.25, 0.3) is 0 Å². The Hall–Kier alpha value is -1.76. The maximum atomic E-state index is 11.7. The van der Waals surface area contributed by atoms with Crippen LogP contribution in [-0.2, 0) is 4.74 Å². The molecule has 1 heterocycles. The molecule has 0 amide bonds. The summed E-state index contributed by atoms with van der Waals surface area (Å²) >= 11 is 4.87. The van der Waals surface area contributed by atoms with Gasteiger partial charge in [-0.05, 0) is 20.8 Å². The van der Waals surface area contributed by atoms with Crippen molar-refractivity contribution in [1.82, 2.24) is 9.97 Å². The monoisotopic (exact) mass is 296 g/mol. The number of carbonyl (C=O) groups is 1. The van der Waals surface area contributed by atoms with Crippen molar-refractivity contribution in [2.24, 2.45) is 5.73 Å². The average molecular weight is 296 g/mol. The average Bonchev–Trinajstić information content (AvgIpc) is 2.39. The molecule has 0 radical (unpaired) electrons. The topological polar surface area (TPSA) is 81.3 Å². The Kier molecular flexibility index (Phi) is 6.30. The smallest absolute Gasteiger partial charge is 0.341 e. The lowest BCUT2D eigenvalue weighted by Gasteiger charge is -2.21. The standard InChI is InChI=1S/C13H20N4O2S/c1-4-17(7-6-11(14)20)13-15-8-10(9(3)16-13)12(18)19-5-2/h8H,4-7H2,1-3H3,(H2,14,20). The minimum atomic E-state index is -0.400. The number of nitrogens with zero attached hydrogens (tertiary/aromatic N) is 3. The van der Waals surface area contributed by atoms with Gasteiger partial charge < -0.3 is 15.4 Å². The maximum Gasteiger partial charge on any atom is 0.341 e. The number of hydrogen-bond donors (Lipinski definition) is 1. The number of anilines is 1. The van der Waals surface area contributed by atoms with Gasteiger partial charge in [-0.15, -0.1) is 0 Å². The van der Waals surface area contributed by atoms with Gasteiger partial charge in [0.1, 0.15) is 0 Å². The molecule has 0 aliphatic heterocycles. The summed E-state index contributed by atoms with van der Waals surface area (Å²) in [6.07, 6.45) is 2.10. The van der Waals surface area contributed by atoms with Gasteiger partial charge in [0.2, 0.25) is 5.95 Å². The normalized spacial score (nSPS) is 10.2. The van der Waals surface area contributed by atoms with Crippen molar-refractivity contribution in [1.29, 1.82) is 0 Å². The molecule has 2 N–H and O–H groups in total. The predicted molar refractivity (Wildman–Crippen MR) is 82.0 cm³/mol. The van der Waals surface area contributed by atoms with E-state index in [4.69, 9.17) is 22.7 Å². The Balaban J connectivity index is 2.89. The van der Waals surface area contributed by atoms with E-state index in [0.717, 1.165) is 6.54 Å². The molecule has 0 atom stereocenters. The molecule has 0 saturated carbocycles. The minimum Gasteiger partial charge on any atom is -0.462 e. The van der Waals surface area contributed by atoms with Gasteiger partial charge in [-0.25, -0.2) is 14.8 Å². The van der Waals surface area contributed by atoms with Crippen LogP contribution in [0.2, 0.25) is 0 Å². The van der Waals surface area contributed by atoms with E-state index in [1.54, 1.807) is 13.8 Å². The third-order valence-corrected chi connectivity index (χ3v) is 2.96. The zero-order valence-corrected chi connectivity index (χ0v) is 12.9. The first-order valence-corrected chi connectivity index (χ1v) is 6.94. The Labute approximate surface area is 124 Å². The fourth-order valence-electron chi connectivity index (χ4n) is 1.66. The van der Waals surface area contributed by atoms with Gasteiger partial charge in [0, 0.05) is 25.7 Å². The van der Waals surface area contributed by atoms with Crippen LogP contribution in [0.1, 0.15) is 36.3 Å². The molecule has 0 fully saturated rings. The molecule has 110 valence electrons. The first-order valence-electron chi connectivity index (χ1n) is 6.53. The van der Waals surface area contributed by atoms with Crippen molar-refractivity contribution in [3.63, 3.8) is 0 Å². The fraction of sp³-hybridized carbons (Fsp3) is 0.538. The molecule has 0 saturated heterocycles. The molecule has 7 heteroatoms. The molecular weight excluding hydrogens is 276 g/mol. The van der Waals surface area contributed by atoms with E-state index >= 15 is 0 Å². The second-order valence-electron chi connectivity index (χ2n) is 4.19. The van der Waals surface area contributed by atoms with Crippen molar-refractivity contribution < 1.29 is 9.53 Å². The van der Waals surface area contributed by atoms with E-state index in [2.05, 4.69) is 9.97 Å². The molecule has 1 aromatic rings. The Bertz CT molecular complexity index is 493. The Morgan fingerprint density at radius 2 is 2.20 bits per heavy atom. The maximum absolute atomic E-state index is 11.7. The second-order valence-corrected chi connectivity index (χ2v) is 4.71. The number of esters is 1. The minimum absolute atomic E-state index is 0.328. The van der Waals surface area contributed by atoms with Crippen molar-refractivity contribution in [2.45, 2.75) is 27.2 Å². The van der Waals surface area contributed by atoms with Crippen molar-refractivity contribution in [3.05, 3.63) is 17.5 Å². The first-order chi connectivity index (χ1) is 9.49. The lowest BCUT2D eigenvalue weighted by molar-refractivity contribution is 0.0524. The number of rotatable bonds is 7. The molecule has 0 unspecified atom stereocenters. The van der Waals surface area contributed by atoms with Gasteiger partial charge in [0.15, 0.2) is 0 Å². The van der Waals surface area contributed by atoms with Gasteiger partial charge in [0.05, 0.1) is 22.9 Å². The van der Waals surface area contributed by atoms with Gasteiger partial charge in [-0.1, -0.05) is 12.2 Å². The van der Waals surface area contributed by atoms with Crippen LogP contribution >= 0.6 is 12.2 Å². The highest BCUT2D eigenvalue weighted by Crippen LogP contribution is 2.12. The van der Waals surface area contributed by atoms with E-state index in [9.17, 15) is 4.79 Å². The van der Waals surface area contributed by atoms with Crippen LogP contribution in [-0.4, -0.2) is 40.6 Å². The first kappa shape index (κ1) is 16.3. The molecule has 6 nitrogen and oxygen atoms in total. The largest absolute Gasteiger partial charge is 0.462 e. The summed E-state index contributed by atoms with van der Waals surface area (Å²) in [5.74, 6) is 0.164. The highest BCUT2D eigenvalue weighted by Gasteiger charge is 2.15. The molecule has 0 bridgehead atoms. The van der Waals surface area contributed by atoms with Crippen molar-refractivity contribution in [2.75, 3.05) is 24.6 Å². The highest BCUT2D eigenvalue weighted by molar-refractivity contribution is 7.80. The Morgan fingerprint density at radius 1 is 1.50 bits per heavy atom. The van der Waals surface area contributed by atoms with Crippen LogP contribution in [0.4, 0.5) is 5.95 Å². The molecule has 0 aliphatic rings. The number of nitrogens with two attached hydrogens (primary N) is 1. The van der Waals surface area contributed by atoms with Crippen LogP contribution < -0.4 is 10.6 Å². The van der Waals surface area contributed by atoms with E-state index in [1.807, 2.05) is 11.8 Å². The van der Waals surface area contributed by atoms with Crippen LogP contribution in [0, 0.1) is 6.92 Å². The summed E-state index contributed by atoms with van der Waals surface area (Å²) < 4.78 is 4.95. The van der Waals surface area contributed by atoms with E-state index in [1.165, 1.54) is 6.20 Å². The zero-order valence-electron chi connectivity index (χ0n) is 12.0. The number of carbonyl (C=O) groups excluding carboxylic acids is 1. The third-order valence-electron chi connectivity index (χ3n) is 2.75. The summed E-state index contributed by atoms with van der Waals surface area (Å²) in [6.45, 7) is 7.24. The van der Waals surface area contributed by atoms with Crippen LogP contribution in [0.15, 0.2) is 6.20 Å². The highest BCUT2D eigenvalue weighted by atomic mass is 32.1. The Morgan fingerprint density at radius 3 is 2.70 bits per heavy atom. The fourth-order valence-corrected chi connectivity index (χ4v) is 1.75. The van der Waals surface area contributed by atoms with Gasteiger partial charge >= 0.3 is 5.97 Å². The molecule has 0 spiro atoms.